The molecule has 6 nitrogen and oxygen atoms in total. The Morgan fingerprint density at radius 1 is 0.250 bits per heavy atom. The van der Waals surface area contributed by atoms with Crippen molar-refractivity contribution in [1.29, 1.82) is 0 Å². The number of rotatable bonds is 68. The minimum absolute atomic E-state index is 0.0646. The Labute approximate surface area is 500 Å². The van der Waals surface area contributed by atoms with E-state index in [1.807, 2.05) is 0 Å². The molecule has 0 spiro atoms. The van der Waals surface area contributed by atoms with Crippen molar-refractivity contribution in [3.8, 4) is 0 Å². The Morgan fingerprint density at radius 2 is 0.450 bits per heavy atom. The van der Waals surface area contributed by atoms with Crippen molar-refractivity contribution in [3.63, 3.8) is 0 Å². The number of esters is 3. The van der Waals surface area contributed by atoms with Crippen LogP contribution in [-0.2, 0) is 28.6 Å². The van der Waals surface area contributed by atoms with Gasteiger partial charge in [-0.05, 0) is 51.4 Å². The van der Waals surface area contributed by atoms with Gasteiger partial charge in [-0.25, -0.2) is 0 Å². The molecule has 0 saturated carbocycles. The molecule has 0 aliphatic heterocycles. The maximum Gasteiger partial charge on any atom is 0.306 e. The standard InChI is InChI=1S/C74H140O6/c1-4-7-10-13-16-19-22-25-28-31-33-35-37-39-41-43-46-49-52-55-58-61-64-67-73(76)79-70-71(69-78-72(75)66-63-60-57-54-51-48-45-30-27-24-21-18-15-12-9-6-3)80-74(77)68-65-62-59-56-53-50-47-44-42-40-38-36-34-32-29-26-23-20-17-14-11-8-5-2/h22,25,31,33,71H,4-21,23-24,26-30,32,34-70H2,1-3H3/b25-22-,33-31-. The van der Waals surface area contributed by atoms with Gasteiger partial charge in [0.15, 0.2) is 6.10 Å². The number of hydrogen-bond donors (Lipinski definition) is 0. The summed E-state index contributed by atoms with van der Waals surface area (Å²) in [5.41, 5.74) is 0. The van der Waals surface area contributed by atoms with Crippen LogP contribution < -0.4 is 0 Å². The van der Waals surface area contributed by atoms with E-state index in [4.69, 9.17) is 14.2 Å². The summed E-state index contributed by atoms with van der Waals surface area (Å²) < 4.78 is 17.0. The molecule has 6 heteroatoms. The smallest absolute Gasteiger partial charge is 0.306 e. The molecule has 0 saturated heterocycles. The number of carbonyl (C=O) groups excluding carboxylic acids is 3. The predicted octanol–water partition coefficient (Wildman–Crippen LogP) is 25.0. The lowest BCUT2D eigenvalue weighted by Gasteiger charge is -2.18. The largest absolute Gasteiger partial charge is 0.462 e. The van der Waals surface area contributed by atoms with E-state index in [-0.39, 0.29) is 31.1 Å². The van der Waals surface area contributed by atoms with Gasteiger partial charge in [0.05, 0.1) is 0 Å². The second-order valence-electron chi connectivity index (χ2n) is 24.9. The molecule has 0 aromatic rings. The van der Waals surface area contributed by atoms with E-state index < -0.39 is 6.10 Å². The van der Waals surface area contributed by atoms with Crippen molar-refractivity contribution in [3.05, 3.63) is 24.3 Å². The summed E-state index contributed by atoms with van der Waals surface area (Å²) >= 11 is 0. The van der Waals surface area contributed by atoms with Gasteiger partial charge in [-0.3, -0.25) is 14.4 Å². The van der Waals surface area contributed by atoms with Crippen molar-refractivity contribution in [1.82, 2.24) is 0 Å². The van der Waals surface area contributed by atoms with E-state index in [1.165, 1.54) is 308 Å². The van der Waals surface area contributed by atoms with Crippen LogP contribution >= 0.6 is 0 Å². The predicted molar refractivity (Wildman–Crippen MR) is 349 cm³/mol. The highest BCUT2D eigenvalue weighted by molar-refractivity contribution is 5.71. The van der Waals surface area contributed by atoms with E-state index >= 15 is 0 Å². The normalized spacial score (nSPS) is 12.1. The van der Waals surface area contributed by atoms with Crippen LogP contribution in [0.1, 0.15) is 412 Å². The minimum Gasteiger partial charge on any atom is -0.462 e. The molecule has 0 N–H and O–H groups in total. The van der Waals surface area contributed by atoms with Gasteiger partial charge in [-0.15, -0.1) is 0 Å². The molecular weight excluding hydrogens is 985 g/mol. The third-order valence-corrected chi connectivity index (χ3v) is 16.7. The van der Waals surface area contributed by atoms with Crippen LogP contribution in [-0.4, -0.2) is 37.2 Å². The molecule has 0 fully saturated rings. The average molecular weight is 1130 g/mol. The first kappa shape index (κ1) is 77.9. The van der Waals surface area contributed by atoms with Gasteiger partial charge in [0.1, 0.15) is 13.2 Å². The molecule has 0 aromatic heterocycles. The summed E-state index contributed by atoms with van der Waals surface area (Å²) in [6, 6.07) is 0. The fourth-order valence-corrected chi connectivity index (χ4v) is 11.2. The highest BCUT2D eigenvalue weighted by Gasteiger charge is 2.19. The lowest BCUT2D eigenvalue weighted by atomic mass is 10.0. The number of unbranched alkanes of at least 4 members (excludes halogenated alkanes) is 53. The van der Waals surface area contributed by atoms with Gasteiger partial charge in [0.2, 0.25) is 0 Å². The average Bonchev–Trinajstić information content (AvgIpc) is 3.46. The van der Waals surface area contributed by atoms with E-state index in [2.05, 4.69) is 45.1 Å². The molecular formula is C74H140O6. The van der Waals surface area contributed by atoms with Crippen LogP contribution in [0.2, 0.25) is 0 Å². The molecule has 0 amide bonds. The fraction of sp³-hybridized carbons (Fsp3) is 0.905. The second-order valence-corrected chi connectivity index (χ2v) is 24.9. The van der Waals surface area contributed by atoms with E-state index in [0.717, 1.165) is 64.2 Å². The Bertz CT molecular complexity index is 1290. The second kappa shape index (κ2) is 69.4. The molecule has 80 heavy (non-hydrogen) atoms. The maximum absolute atomic E-state index is 13.0. The zero-order valence-electron chi connectivity index (χ0n) is 54.4. The zero-order chi connectivity index (χ0) is 57.8. The van der Waals surface area contributed by atoms with Crippen molar-refractivity contribution in [2.75, 3.05) is 13.2 Å². The highest BCUT2D eigenvalue weighted by Crippen LogP contribution is 2.19. The zero-order valence-corrected chi connectivity index (χ0v) is 54.4. The number of hydrogen-bond acceptors (Lipinski definition) is 6. The van der Waals surface area contributed by atoms with Crippen molar-refractivity contribution in [2.45, 2.75) is 419 Å². The first-order valence-electron chi connectivity index (χ1n) is 36.3. The Balaban J connectivity index is 4.27. The van der Waals surface area contributed by atoms with Crippen LogP contribution in [0.15, 0.2) is 24.3 Å². The Kier molecular flexibility index (Phi) is 67.6. The topological polar surface area (TPSA) is 78.9 Å². The summed E-state index contributed by atoms with van der Waals surface area (Å²) in [5.74, 6) is -0.830. The molecule has 472 valence electrons. The summed E-state index contributed by atoms with van der Waals surface area (Å²) in [7, 11) is 0. The summed E-state index contributed by atoms with van der Waals surface area (Å²) in [4.78, 5) is 38.5. The maximum atomic E-state index is 13.0. The molecule has 0 aliphatic carbocycles. The van der Waals surface area contributed by atoms with Crippen LogP contribution in [0.25, 0.3) is 0 Å². The van der Waals surface area contributed by atoms with Gasteiger partial charge in [-0.2, -0.15) is 0 Å². The van der Waals surface area contributed by atoms with Gasteiger partial charge in [0, 0.05) is 19.3 Å². The van der Waals surface area contributed by atoms with Gasteiger partial charge >= 0.3 is 17.9 Å². The number of allylic oxidation sites excluding steroid dienone is 4. The quantitative estimate of drug-likeness (QED) is 0.0261. The van der Waals surface area contributed by atoms with Crippen molar-refractivity contribution < 1.29 is 28.6 Å². The fourth-order valence-electron chi connectivity index (χ4n) is 11.2. The summed E-state index contributed by atoms with van der Waals surface area (Å²) in [6.07, 6.45) is 84.9. The molecule has 0 heterocycles. The lowest BCUT2D eigenvalue weighted by molar-refractivity contribution is -0.167. The van der Waals surface area contributed by atoms with Gasteiger partial charge < -0.3 is 14.2 Å². The molecule has 1 atom stereocenters. The van der Waals surface area contributed by atoms with Crippen LogP contribution in [0.4, 0.5) is 0 Å². The van der Waals surface area contributed by atoms with Crippen LogP contribution in [0.3, 0.4) is 0 Å². The first-order valence-corrected chi connectivity index (χ1v) is 36.3. The lowest BCUT2D eigenvalue weighted by Crippen LogP contribution is -2.30. The number of ether oxygens (including phenoxy) is 3. The SMILES string of the molecule is CCCCCCC/C=C\C/C=C\CCCCCCCCCCCCCC(=O)OCC(COC(=O)CCCCCCCCCCCCCCCCCC)OC(=O)CCCCCCCCCCCCCCCCCCCCCCCCC. The number of carbonyl (C=O) groups is 3. The third kappa shape index (κ3) is 66.7. The summed E-state index contributed by atoms with van der Waals surface area (Å²) in [6.45, 7) is 6.72. The monoisotopic (exact) mass is 1130 g/mol. The van der Waals surface area contributed by atoms with E-state index in [0.29, 0.717) is 19.3 Å². The molecule has 0 aliphatic rings. The third-order valence-electron chi connectivity index (χ3n) is 16.7. The molecule has 1 unspecified atom stereocenters. The minimum atomic E-state index is -0.769. The van der Waals surface area contributed by atoms with Crippen LogP contribution in [0.5, 0.6) is 0 Å². The Hall–Kier alpha value is -2.11. The molecule has 0 rings (SSSR count). The van der Waals surface area contributed by atoms with Crippen molar-refractivity contribution >= 4 is 17.9 Å². The molecule has 0 bridgehead atoms. The van der Waals surface area contributed by atoms with Crippen LogP contribution in [0, 0.1) is 0 Å². The first-order chi connectivity index (χ1) is 39.5. The Morgan fingerprint density at radius 3 is 0.688 bits per heavy atom. The van der Waals surface area contributed by atoms with Crippen molar-refractivity contribution in [2.24, 2.45) is 0 Å². The van der Waals surface area contributed by atoms with Gasteiger partial charge in [0.25, 0.3) is 0 Å². The van der Waals surface area contributed by atoms with Gasteiger partial charge in [-0.1, -0.05) is 366 Å². The summed E-state index contributed by atoms with van der Waals surface area (Å²) in [5, 5.41) is 0. The molecule has 0 radical (unpaired) electrons. The van der Waals surface area contributed by atoms with E-state index in [1.54, 1.807) is 0 Å². The highest BCUT2D eigenvalue weighted by atomic mass is 16.6. The van der Waals surface area contributed by atoms with E-state index in [9.17, 15) is 14.4 Å². The molecule has 0 aromatic carbocycles.